The van der Waals surface area contributed by atoms with Gasteiger partial charge in [0.15, 0.2) is 11.6 Å². The summed E-state index contributed by atoms with van der Waals surface area (Å²) in [4.78, 5) is 19.5. The van der Waals surface area contributed by atoms with Crippen molar-refractivity contribution in [3.63, 3.8) is 0 Å². The predicted molar refractivity (Wildman–Crippen MR) is 68.1 cm³/mol. The number of carbonyl (C=O) groups excluding carboxylic acids is 1. The van der Waals surface area contributed by atoms with Gasteiger partial charge in [-0.05, 0) is 12.5 Å². The van der Waals surface area contributed by atoms with Gasteiger partial charge in [0.05, 0.1) is 12.4 Å². The van der Waals surface area contributed by atoms with Gasteiger partial charge >= 0.3 is 5.97 Å². The van der Waals surface area contributed by atoms with E-state index in [4.69, 9.17) is 4.74 Å². The van der Waals surface area contributed by atoms with Gasteiger partial charge in [0.1, 0.15) is 0 Å². The molecule has 0 aliphatic rings. The van der Waals surface area contributed by atoms with E-state index in [9.17, 15) is 4.79 Å². The highest BCUT2D eigenvalue weighted by molar-refractivity contribution is 5.71. The summed E-state index contributed by atoms with van der Waals surface area (Å²) in [5.74, 6) is 0.714. The SMILES string of the molecule is CCC(=O)Oc1cnc(-c2ccccc2C)nc1. The van der Waals surface area contributed by atoms with Gasteiger partial charge in [-0.15, -0.1) is 0 Å². The van der Waals surface area contributed by atoms with Crippen molar-refractivity contribution in [1.29, 1.82) is 0 Å². The summed E-state index contributed by atoms with van der Waals surface area (Å²) in [6.07, 6.45) is 3.37. The van der Waals surface area contributed by atoms with Gasteiger partial charge in [0, 0.05) is 12.0 Å². The van der Waals surface area contributed by atoms with Gasteiger partial charge in [-0.1, -0.05) is 31.2 Å². The molecule has 1 heterocycles. The number of esters is 1. The summed E-state index contributed by atoms with van der Waals surface area (Å²) in [6.45, 7) is 3.74. The topological polar surface area (TPSA) is 52.1 Å². The molecule has 1 aromatic heterocycles. The van der Waals surface area contributed by atoms with Crippen LogP contribution in [-0.2, 0) is 4.79 Å². The maximum atomic E-state index is 11.1. The highest BCUT2D eigenvalue weighted by Crippen LogP contribution is 2.20. The molecule has 0 atom stereocenters. The van der Waals surface area contributed by atoms with Gasteiger partial charge < -0.3 is 4.74 Å². The molecule has 0 radical (unpaired) electrons. The minimum atomic E-state index is -0.290. The third kappa shape index (κ3) is 2.71. The number of hydrogen-bond donors (Lipinski definition) is 0. The first-order valence-corrected chi connectivity index (χ1v) is 5.79. The van der Waals surface area contributed by atoms with Crippen LogP contribution in [0.4, 0.5) is 0 Å². The quantitative estimate of drug-likeness (QED) is 0.776. The summed E-state index contributed by atoms with van der Waals surface area (Å²) < 4.78 is 5.02. The van der Waals surface area contributed by atoms with E-state index in [-0.39, 0.29) is 5.97 Å². The van der Waals surface area contributed by atoms with E-state index in [1.807, 2.05) is 31.2 Å². The molecular formula is C14H14N2O2. The van der Waals surface area contributed by atoms with Crippen LogP contribution in [0.3, 0.4) is 0 Å². The van der Waals surface area contributed by atoms with E-state index in [1.165, 1.54) is 12.4 Å². The lowest BCUT2D eigenvalue weighted by Gasteiger charge is -2.05. The van der Waals surface area contributed by atoms with Crippen LogP contribution in [-0.4, -0.2) is 15.9 Å². The van der Waals surface area contributed by atoms with Crippen molar-refractivity contribution in [3.05, 3.63) is 42.2 Å². The fourth-order valence-electron chi connectivity index (χ4n) is 1.54. The molecule has 0 amide bonds. The number of aromatic nitrogens is 2. The molecule has 0 fully saturated rings. The van der Waals surface area contributed by atoms with Crippen molar-refractivity contribution in [1.82, 2.24) is 9.97 Å². The lowest BCUT2D eigenvalue weighted by Crippen LogP contribution is -2.06. The smallest absolute Gasteiger partial charge is 0.311 e. The number of nitrogens with zero attached hydrogens (tertiary/aromatic N) is 2. The second-order valence-electron chi connectivity index (χ2n) is 3.88. The summed E-state index contributed by atoms with van der Waals surface area (Å²) >= 11 is 0. The van der Waals surface area contributed by atoms with Crippen LogP contribution in [0, 0.1) is 6.92 Å². The predicted octanol–water partition coefficient (Wildman–Crippen LogP) is 2.77. The Balaban J connectivity index is 2.23. The zero-order chi connectivity index (χ0) is 13.0. The molecule has 18 heavy (non-hydrogen) atoms. The molecule has 0 spiro atoms. The molecule has 0 saturated heterocycles. The first kappa shape index (κ1) is 12.2. The second kappa shape index (κ2) is 5.40. The van der Waals surface area contributed by atoms with Gasteiger partial charge in [-0.25, -0.2) is 9.97 Å². The Hall–Kier alpha value is -2.23. The van der Waals surface area contributed by atoms with E-state index in [1.54, 1.807) is 6.92 Å². The standard InChI is InChI=1S/C14H14N2O2/c1-3-13(17)18-11-8-15-14(16-9-11)12-7-5-4-6-10(12)2/h4-9H,3H2,1-2H3. The highest BCUT2D eigenvalue weighted by Gasteiger charge is 2.06. The molecule has 4 heteroatoms. The van der Waals surface area contributed by atoms with Crippen LogP contribution in [0.15, 0.2) is 36.7 Å². The molecule has 0 N–H and O–H groups in total. The molecule has 2 aromatic rings. The number of rotatable bonds is 3. The maximum absolute atomic E-state index is 11.1. The zero-order valence-corrected chi connectivity index (χ0v) is 10.4. The van der Waals surface area contributed by atoms with Crippen molar-refractivity contribution < 1.29 is 9.53 Å². The lowest BCUT2D eigenvalue weighted by atomic mass is 10.1. The minimum Gasteiger partial charge on any atom is -0.423 e. The molecule has 0 aliphatic heterocycles. The third-order valence-corrected chi connectivity index (χ3v) is 2.53. The van der Waals surface area contributed by atoms with E-state index in [0.717, 1.165) is 11.1 Å². The van der Waals surface area contributed by atoms with Crippen molar-refractivity contribution in [2.45, 2.75) is 20.3 Å². The summed E-state index contributed by atoms with van der Waals surface area (Å²) in [5.41, 5.74) is 2.08. The average molecular weight is 242 g/mol. The Morgan fingerprint density at radius 3 is 2.50 bits per heavy atom. The van der Waals surface area contributed by atoms with Crippen LogP contribution in [0.1, 0.15) is 18.9 Å². The van der Waals surface area contributed by atoms with E-state index in [2.05, 4.69) is 9.97 Å². The van der Waals surface area contributed by atoms with E-state index < -0.39 is 0 Å². The Bertz CT molecular complexity index is 550. The molecule has 2 rings (SSSR count). The molecule has 4 nitrogen and oxygen atoms in total. The Kier molecular flexibility index (Phi) is 3.67. The van der Waals surface area contributed by atoms with E-state index in [0.29, 0.717) is 18.0 Å². The Morgan fingerprint density at radius 2 is 1.89 bits per heavy atom. The van der Waals surface area contributed by atoms with Crippen LogP contribution >= 0.6 is 0 Å². The molecule has 0 unspecified atom stereocenters. The van der Waals surface area contributed by atoms with Crippen LogP contribution in [0.2, 0.25) is 0 Å². The lowest BCUT2D eigenvalue weighted by molar-refractivity contribution is -0.134. The highest BCUT2D eigenvalue weighted by atomic mass is 16.5. The fraction of sp³-hybridized carbons (Fsp3) is 0.214. The van der Waals surface area contributed by atoms with Crippen molar-refractivity contribution in [3.8, 4) is 17.1 Å². The van der Waals surface area contributed by atoms with Crippen molar-refractivity contribution >= 4 is 5.97 Å². The van der Waals surface area contributed by atoms with Crippen LogP contribution in [0.25, 0.3) is 11.4 Å². The van der Waals surface area contributed by atoms with Gasteiger partial charge in [-0.2, -0.15) is 0 Å². The van der Waals surface area contributed by atoms with Crippen molar-refractivity contribution in [2.75, 3.05) is 0 Å². The summed E-state index contributed by atoms with van der Waals surface area (Å²) in [7, 11) is 0. The first-order valence-electron chi connectivity index (χ1n) is 5.79. The number of carbonyl (C=O) groups is 1. The molecule has 92 valence electrons. The minimum absolute atomic E-state index is 0.290. The Labute approximate surface area is 106 Å². The van der Waals surface area contributed by atoms with Crippen molar-refractivity contribution in [2.24, 2.45) is 0 Å². The average Bonchev–Trinajstić information content (AvgIpc) is 2.40. The van der Waals surface area contributed by atoms with Gasteiger partial charge in [-0.3, -0.25) is 4.79 Å². The largest absolute Gasteiger partial charge is 0.423 e. The number of aryl methyl sites for hydroxylation is 1. The molecule has 0 saturated carbocycles. The third-order valence-electron chi connectivity index (χ3n) is 2.53. The van der Waals surface area contributed by atoms with Crippen LogP contribution in [0.5, 0.6) is 5.75 Å². The summed E-state index contributed by atoms with van der Waals surface area (Å²) in [5, 5.41) is 0. The van der Waals surface area contributed by atoms with Gasteiger partial charge in [0.2, 0.25) is 0 Å². The number of benzene rings is 1. The monoisotopic (exact) mass is 242 g/mol. The fourth-order valence-corrected chi connectivity index (χ4v) is 1.54. The van der Waals surface area contributed by atoms with Crippen LogP contribution < -0.4 is 4.74 Å². The zero-order valence-electron chi connectivity index (χ0n) is 10.4. The summed E-state index contributed by atoms with van der Waals surface area (Å²) in [6, 6.07) is 7.87. The molecule has 0 bridgehead atoms. The Morgan fingerprint density at radius 1 is 1.22 bits per heavy atom. The normalized spacial score (nSPS) is 10.1. The maximum Gasteiger partial charge on any atom is 0.311 e. The molecule has 0 aliphatic carbocycles. The van der Waals surface area contributed by atoms with E-state index >= 15 is 0 Å². The second-order valence-corrected chi connectivity index (χ2v) is 3.88. The van der Waals surface area contributed by atoms with Gasteiger partial charge in [0.25, 0.3) is 0 Å². The first-order chi connectivity index (χ1) is 8.70. The molecule has 1 aromatic carbocycles. The molecular weight excluding hydrogens is 228 g/mol. The number of hydrogen-bond acceptors (Lipinski definition) is 4. The number of ether oxygens (including phenoxy) is 1.